The number of nitrogen functional groups attached to an aromatic ring is 1. The van der Waals surface area contributed by atoms with Crippen LogP contribution in [0.15, 0.2) is 18.5 Å². The molecule has 0 radical (unpaired) electrons. The molecule has 1 amide bonds. The number of hydrogen-bond donors (Lipinski definition) is 3. The van der Waals surface area contributed by atoms with Crippen molar-refractivity contribution in [3.05, 3.63) is 35.4 Å². The molecule has 17 heavy (non-hydrogen) atoms. The lowest BCUT2D eigenvalue weighted by molar-refractivity contribution is 0.0941. The third kappa shape index (κ3) is 2.57. The molecule has 2 heterocycles. The Bertz CT molecular complexity index is 535. The number of hydrogen-bond acceptors (Lipinski definition) is 5. The molecule has 0 spiro atoms. The number of pyridine rings is 1. The van der Waals surface area contributed by atoms with Crippen molar-refractivity contribution in [3.8, 4) is 0 Å². The van der Waals surface area contributed by atoms with Gasteiger partial charge in [-0.25, -0.2) is 0 Å². The molecule has 0 unspecified atom stereocenters. The Morgan fingerprint density at radius 1 is 1.59 bits per heavy atom. The number of carbonyl (C=O) groups is 1. The van der Waals surface area contributed by atoms with E-state index >= 15 is 0 Å². The highest BCUT2D eigenvalue weighted by Gasteiger charge is 2.10. The normalized spacial score (nSPS) is 10.2. The molecule has 0 aliphatic carbocycles. The monoisotopic (exact) mass is 232 g/mol. The van der Waals surface area contributed by atoms with Gasteiger partial charge in [-0.2, -0.15) is 4.98 Å². The number of aryl methyl sites for hydroxylation is 1. The number of nitrogens with two attached hydrogens (primary N) is 1. The van der Waals surface area contributed by atoms with E-state index in [1.54, 1.807) is 12.4 Å². The molecule has 0 aliphatic heterocycles. The van der Waals surface area contributed by atoms with E-state index in [1.807, 2.05) is 13.0 Å². The number of carbonyl (C=O) groups excluding carboxylic acids is 1. The van der Waals surface area contributed by atoms with E-state index in [1.165, 1.54) is 0 Å². The Balaban J connectivity index is 1.99. The number of amides is 1. The van der Waals surface area contributed by atoms with Crippen LogP contribution < -0.4 is 11.1 Å². The summed E-state index contributed by atoms with van der Waals surface area (Å²) in [6.07, 6.45) is 3.42. The number of H-pyrrole nitrogens is 1. The standard InChI is InChI=1S/C10H12N6O/c1-6-2-3-12-4-7(6)5-13-9(17)8-14-10(11)16-15-8/h2-4H,5H2,1H3,(H,13,17)(H3,11,14,15,16). The molecular formula is C10H12N6O. The number of anilines is 1. The smallest absolute Gasteiger partial charge is 0.288 e. The molecule has 7 nitrogen and oxygen atoms in total. The molecule has 4 N–H and O–H groups in total. The van der Waals surface area contributed by atoms with Gasteiger partial charge in [-0.3, -0.25) is 14.9 Å². The number of nitrogens with zero attached hydrogens (tertiary/aromatic N) is 3. The van der Waals surface area contributed by atoms with Crippen molar-refractivity contribution in [2.75, 3.05) is 5.73 Å². The Hall–Kier alpha value is -2.44. The predicted octanol–water partition coefficient (Wildman–Crippen LogP) is 0.0203. The maximum Gasteiger partial charge on any atom is 0.288 e. The average molecular weight is 232 g/mol. The summed E-state index contributed by atoms with van der Waals surface area (Å²) in [6.45, 7) is 2.34. The molecule has 0 atom stereocenters. The quantitative estimate of drug-likeness (QED) is 0.691. The summed E-state index contributed by atoms with van der Waals surface area (Å²) in [5.41, 5.74) is 7.32. The van der Waals surface area contributed by atoms with E-state index in [0.717, 1.165) is 11.1 Å². The van der Waals surface area contributed by atoms with Crippen LogP contribution in [0.25, 0.3) is 0 Å². The highest BCUT2D eigenvalue weighted by molar-refractivity contribution is 5.90. The summed E-state index contributed by atoms with van der Waals surface area (Å²) in [5.74, 6) is -0.200. The first-order valence-corrected chi connectivity index (χ1v) is 5.02. The minimum absolute atomic E-state index is 0.0488. The SMILES string of the molecule is Cc1ccncc1CNC(=O)c1nc(N)n[nH]1. The van der Waals surface area contributed by atoms with Gasteiger partial charge in [-0.1, -0.05) is 0 Å². The highest BCUT2D eigenvalue weighted by atomic mass is 16.2. The van der Waals surface area contributed by atoms with Crippen molar-refractivity contribution in [1.82, 2.24) is 25.5 Å². The van der Waals surface area contributed by atoms with Crippen molar-refractivity contribution in [2.45, 2.75) is 13.5 Å². The van der Waals surface area contributed by atoms with Crippen LogP contribution in [0.3, 0.4) is 0 Å². The van der Waals surface area contributed by atoms with Gasteiger partial charge < -0.3 is 11.1 Å². The van der Waals surface area contributed by atoms with Crippen LogP contribution in [0.2, 0.25) is 0 Å². The van der Waals surface area contributed by atoms with Crippen molar-refractivity contribution in [1.29, 1.82) is 0 Å². The molecule has 0 aromatic carbocycles. The molecule has 0 bridgehead atoms. The van der Waals surface area contributed by atoms with Crippen LogP contribution >= 0.6 is 0 Å². The number of aromatic nitrogens is 4. The van der Waals surface area contributed by atoms with Crippen LogP contribution in [0.5, 0.6) is 0 Å². The molecule has 0 saturated carbocycles. The second-order valence-electron chi connectivity index (χ2n) is 3.53. The third-order valence-corrected chi connectivity index (χ3v) is 2.30. The van der Waals surface area contributed by atoms with Crippen molar-refractivity contribution >= 4 is 11.9 Å². The second-order valence-corrected chi connectivity index (χ2v) is 3.53. The highest BCUT2D eigenvalue weighted by Crippen LogP contribution is 2.04. The van der Waals surface area contributed by atoms with Gasteiger partial charge in [0.2, 0.25) is 11.8 Å². The van der Waals surface area contributed by atoms with E-state index in [0.29, 0.717) is 6.54 Å². The minimum Gasteiger partial charge on any atom is -0.366 e. The van der Waals surface area contributed by atoms with Gasteiger partial charge in [-0.05, 0) is 24.1 Å². The number of aromatic amines is 1. The minimum atomic E-state index is -0.350. The van der Waals surface area contributed by atoms with E-state index in [2.05, 4.69) is 25.5 Å². The first kappa shape index (κ1) is 11.1. The van der Waals surface area contributed by atoms with Crippen molar-refractivity contribution in [2.24, 2.45) is 0 Å². The molecule has 88 valence electrons. The fourth-order valence-corrected chi connectivity index (χ4v) is 1.32. The van der Waals surface area contributed by atoms with Crippen molar-refractivity contribution < 1.29 is 4.79 Å². The molecule has 2 aromatic rings. The van der Waals surface area contributed by atoms with Crippen LogP contribution in [-0.4, -0.2) is 26.1 Å². The van der Waals surface area contributed by atoms with Crippen LogP contribution in [0, 0.1) is 6.92 Å². The number of rotatable bonds is 3. The van der Waals surface area contributed by atoms with Gasteiger partial charge in [0.25, 0.3) is 5.91 Å². The van der Waals surface area contributed by atoms with Crippen LogP contribution in [0.1, 0.15) is 21.7 Å². The Labute approximate surface area is 97.5 Å². The van der Waals surface area contributed by atoms with Gasteiger partial charge in [0, 0.05) is 18.9 Å². The molecule has 0 saturated heterocycles. The summed E-state index contributed by atoms with van der Waals surface area (Å²) >= 11 is 0. The lowest BCUT2D eigenvalue weighted by Crippen LogP contribution is -2.24. The molecule has 0 fully saturated rings. The zero-order valence-electron chi connectivity index (χ0n) is 9.27. The van der Waals surface area contributed by atoms with E-state index in [-0.39, 0.29) is 17.7 Å². The zero-order valence-corrected chi connectivity index (χ0v) is 9.27. The topological polar surface area (TPSA) is 110 Å². The van der Waals surface area contributed by atoms with Gasteiger partial charge >= 0.3 is 0 Å². The van der Waals surface area contributed by atoms with E-state index in [9.17, 15) is 4.79 Å². The maximum absolute atomic E-state index is 11.6. The summed E-state index contributed by atoms with van der Waals surface area (Å²) in [5, 5.41) is 8.72. The summed E-state index contributed by atoms with van der Waals surface area (Å²) in [7, 11) is 0. The summed E-state index contributed by atoms with van der Waals surface area (Å²) < 4.78 is 0. The summed E-state index contributed by atoms with van der Waals surface area (Å²) in [4.78, 5) is 19.3. The van der Waals surface area contributed by atoms with E-state index < -0.39 is 0 Å². The fraction of sp³-hybridized carbons (Fsp3) is 0.200. The van der Waals surface area contributed by atoms with Crippen LogP contribution in [0.4, 0.5) is 5.95 Å². The Morgan fingerprint density at radius 2 is 2.41 bits per heavy atom. The maximum atomic E-state index is 11.6. The molecule has 7 heteroatoms. The number of nitrogens with one attached hydrogen (secondary N) is 2. The van der Waals surface area contributed by atoms with Gasteiger partial charge in [0.05, 0.1) is 0 Å². The molecule has 2 aromatic heterocycles. The third-order valence-electron chi connectivity index (χ3n) is 2.30. The zero-order chi connectivity index (χ0) is 12.3. The van der Waals surface area contributed by atoms with Gasteiger partial charge in [0.15, 0.2) is 0 Å². The average Bonchev–Trinajstić information content (AvgIpc) is 2.74. The second kappa shape index (κ2) is 4.60. The molecule has 2 rings (SSSR count). The lowest BCUT2D eigenvalue weighted by Gasteiger charge is -2.05. The Morgan fingerprint density at radius 3 is 3.06 bits per heavy atom. The predicted molar refractivity (Wildman–Crippen MR) is 60.9 cm³/mol. The first-order chi connectivity index (χ1) is 8.16. The first-order valence-electron chi connectivity index (χ1n) is 5.02. The van der Waals surface area contributed by atoms with Gasteiger partial charge in [-0.15, -0.1) is 5.10 Å². The lowest BCUT2D eigenvalue weighted by atomic mass is 10.1. The molecular weight excluding hydrogens is 220 g/mol. The van der Waals surface area contributed by atoms with Crippen molar-refractivity contribution in [3.63, 3.8) is 0 Å². The largest absolute Gasteiger partial charge is 0.366 e. The van der Waals surface area contributed by atoms with Gasteiger partial charge in [0.1, 0.15) is 0 Å². The molecule has 0 aliphatic rings. The summed E-state index contributed by atoms with van der Waals surface area (Å²) in [6, 6.07) is 1.88. The Kier molecular flexibility index (Phi) is 2.99. The fourth-order valence-electron chi connectivity index (χ4n) is 1.32. The van der Waals surface area contributed by atoms with Crippen LogP contribution in [-0.2, 0) is 6.54 Å². The van der Waals surface area contributed by atoms with E-state index in [4.69, 9.17) is 5.73 Å².